The normalized spacial score (nSPS) is 11.1. The highest BCUT2D eigenvalue weighted by molar-refractivity contribution is 7.09. The molecule has 0 saturated carbocycles. The second-order valence-electron chi connectivity index (χ2n) is 1.73. The van der Waals surface area contributed by atoms with Crippen molar-refractivity contribution in [2.45, 2.75) is 13.1 Å². The zero-order valence-corrected chi connectivity index (χ0v) is 7.45. The Hall–Kier alpha value is 0.394. The van der Waals surface area contributed by atoms with E-state index in [0.29, 0.717) is 0 Å². The molecule has 0 aromatic rings. The van der Waals surface area contributed by atoms with Crippen LogP contribution in [-0.4, -0.2) is 36.2 Å². The Morgan fingerprint density at radius 3 is 1.86 bits per heavy atom. The van der Waals surface area contributed by atoms with Gasteiger partial charge in [-0.05, 0) is 14.1 Å². The standard InChI is InChI=1S/C4H12NSi2/c1-5(2)7(4)6-3/h1-4H3. The first-order valence-electron chi connectivity index (χ1n) is 2.37. The first kappa shape index (κ1) is 7.39. The average molecular weight is 130 g/mol. The molecule has 0 heterocycles. The van der Waals surface area contributed by atoms with Crippen molar-refractivity contribution in [3.05, 3.63) is 0 Å². The summed E-state index contributed by atoms with van der Waals surface area (Å²) in [5.41, 5.74) is 0. The van der Waals surface area contributed by atoms with Crippen LogP contribution >= 0.6 is 0 Å². The highest BCUT2D eigenvalue weighted by Gasteiger charge is 2.01. The molecule has 0 saturated heterocycles. The van der Waals surface area contributed by atoms with Crippen LogP contribution in [0.5, 0.6) is 0 Å². The Morgan fingerprint density at radius 2 is 1.86 bits per heavy atom. The molecule has 7 heavy (non-hydrogen) atoms. The van der Waals surface area contributed by atoms with Gasteiger partial charge in [0.15, 0.2) is 0 Å². The van der Waals surface area contributed by atoms with Crippen LogP contribution in [-0.2, 0) is 0 Å². The summed E-state index contributed by atoms with van der Waals surface area (Å²) >= 11 is 0. The van der Waals surface area contributed by atoms with Crippen LogP contribution in [0.15, 0.2) is 0 Å². The van der Waals surface area contributed by atoms with E-state index in [2.05, 4.69) is 31.8 Å². The first-order chi connectivity index (χ1) is 3.18. The summed E-state index contributed by atoms with van der Waals surface area (Å²) in [5.74, 6) is 0. The zero-order valence-electron chi connectivity index (χ0n) is 5.45. The van der Waals surface area contributed by atoms with Gasteiger partial charge in [0.2, 0.25) is 0 Å². The summed E-state index contributed by atoms with van der Waals surface area (Å²) in [5, 5.41) is 0. The number of hydrogen-bond acceptors (Lipinski definition) is 1. The summed E-state index contributed by atoms with van der Waals surface area (Å²) < 4.78 is 2.34. The molecule has 0 bridgehead atoms. The van der Waals surface area contributed by atoms with Crippen LogP contribution in [0.1, 0.15) is 0 Å². The lowest BCUT2D eigenvalue weighted by molar-refractivity contribution is 0.658. The van der Waals surface area contributed by atoms with E-state index < -0.39 is 0 Å². The van der Waals surface area contributed by atoms with Gasteiger partial charge in [-0.25, -0.2) is 0 Å². The molecule has 0 aromatic heterocycles. The molecule has 0 amide bonds. The van der Waals surface area contributed by atoms with E-state index in [0.717, 1.165) is 9.04 Å². The van der Waals surface area contributed by atoms with Crippen molar-refractivity contribution < 1.29 is 0 Å². The minimum absolute atomic E-state index is 0.0849. The van der Waals surface area contributed by atoms with E-state index in [-0.39, 0.29) is 8.48 Å². The van der Waals surface area contributed by atoms with Crippen LogP contribution in [0.4, 0.5) is 0 Å². The number of rotatable bonds is 2. The van der Waals surface area contributed by atoms with E-state index in [1.807, 2.05) is 0 Å². The summed E-state index contributed by atoms with van der Waals surface area (Å²) in [6, 6.07) is 0. The summed E-state index contributed by atoms with van der Waals surface area (Å²) in [6.07, 6.45) is 0. The quantitative estimate of drug-likeness (QED) is 0.490. The van der Waals surface area contributed by atoms with Crippen LogP contribution in [0.3, 0.4) is 0 Å². The molecule has 0 rings (SSSR count). The second-order valence-corrected chi connectivity index (χ2v) is 7.97. The van der Waals surface area contributed by atoms with Crippen molar-refractivity contribution in [3.8, 4) is 0 Å². The fourth-order valence-corrected chi connectivity index (χ4v) is 2.01. The van der Waals surface area contributed by atoms with Gasteiger partial charge in [0.05, 0.1) is 0 Å². The maximum Gasteiger partial charge on any atom is 0.114 e. The SMILES string of the molecule is C[Si][Si](C)N(C)C. The van der Waals surface area contributed by atoms with Gasteiger partial charge in [0.1, 0.15) is 8.48 Å². The van der Waals surface area contributed by atoms with Crippen molar-refractivity contribution in [2.24, 2.45) is 0 Å². The van der Waals surface area contributed by atoms with Crippen molar-refractivity contribution >= 4 is 17.5 Å². The largest absolute Gasteiger partial charge is 0.332 e. The number of nitrogens with zero attached hydrogens (tertiary/aromatic N) is 1. The van der Waals surface area contributed by atoms with E-state index >= 15 is 0 Å². The highest BCUT2D eigenvalue weighted by Crippen LogP contribution is 1.80. The van der Waals surface area contributed by atoms with Gasteiger partial charge in [-0.1, -0.05) is 13.1 Å². The van der Waals surface area contributed by atoms with Gasteiger partial charge in [0.25, 0.3) is 0 Å². The van der Waals surface area contributed by atoms with Gasteiger partial charge in [-0.15, -0.1) is 0 Å². The lowest BCUT2D eigenvalue weighted by atomic mass is 11.3. The molecular weight excluding hydrogens is 118 g/mol. The molecule has 0 aliphatic rings. The molecule has 1 nitrogen and oxygen atoms in total. The summed E-state index contributed by atoms with van der Waals surface area (Å²) in [7, 11) is 5.37. The van der Waals surface area contributed by atoms with Crippen LogP contribution in [0, 0.1) is 0 Å². The molecule has 0 fully saturated rings. The molecule has 3 radical (unpaired) electrons. The van der Waals surface area contributed by atoms with Crippen molar-refractivity contribution in [1.29, 1.82) is 0 Å². The third kappa shape index (κ3) is 3.02. The second kappa shape index (κ2) is 3.40. The zero-order chi connectivity index (χ0) is 5.86. The molecule has 0 unspecified atom stereocenters. The fraction of sp³-hybridized carbons (Fsp3) is 1.00. The molecule has 0 N–H and O–H groups in total. The van der Waals surface area contributed by atoms with Gasteiger partial charge >= 0.3 is 0 Å². The summed E-state index contributed by atoms with van der Waals surface area (Å²) in [4.78, 5) is 0. The van der Waals surface area contributed by atoms with Gasteiger partial charge < -0.3 is 4.57 Å². The third-order valence-corrected chi connectivity index (χ3v) is 6.61. The molecular formula is C4H12NSi2. The molecule has 41 valence electrons. The molecule has 0 aliphatic heterocycles. The van der Waals surface area contributed by atoms with Gasteiger partial charge in [-0.2, -0.15) is 0 Å². The minimum Gasteiger partial charge on any atom is -0.332 e. The Labute approximate surface area is 50.0 Å². The highest BCUT2D eigenvalue weighted by atomic mass is 29.2. The molecule has 0 aliphatic carbocycles. The minimum atomic E-state index is -0.0849. The lowest BCUT2D eigenvalue weighted by Gasteiger charge is -2.13. The monoisotopic (exact) mass is 130 g/mol. The Balaban J connectivity index is 3.14. The van der Waals surface area contributed by atoms with E-state index in [1.165, 1.54) is 0 Å². The van der Waals surface area contributed by atoms with Crippen molar-refractivity contribution in [2.75, 3.05) is 14.1 Å². The molecule has 0 atom stereocenters. The Bertz CT molecular complexity index is 47.0. The van der Waals surface area contributed by atoms with E-state index in [4.69, 9.17) is 0 Å². The van der Waals surface area contributed by atoms with Crippen LogP contribution < -0.4 is 0 Å². The van der Waals surface area contributed by atoms with E-state index in [1.54, 1.807) is 0 Å². The summed E-state index contributed by atoms with van der Waals surface area (Å²) in [6.45, 7) is 4.61. The van der Waals surface area contributed by atoms with Crippen molar-refractivity contribution in [3.63, 3.8) is 0 Å². The Morgan fingerprint density at radius 1 is 1.43 bits per heavy atom. The maximum absolute atomic E-state index is 2.34. The Kier molecular flexibility index (Phi) is 3.59. The molecule has 0 aromatic carbocycles. The molecule has 0 spiro atoms. The maximum atomic E-state index is 2.34. The lowest BCUT2D eigenvalue weighted by Crippen LogP contribution is -2.34. The average Bonchev–Trinajstić information content (AvgIpc) is 1.65. The smallest absolute Gasteiger partial charge is 0.114 e. The predicted octanol–water partition coefficient (Wildman–Crippen LogP) is 0.418. The van der Waals surface area contributed by atoms with E-state index in [9.17, 15) is 0 Å². The van der Waals surface area contributed by atoms with Gasteiger partial charge in [-0.3, -0.25) is 0 Å². The molecule has 3 heteroatoms. The van der Waals surface area contributed by atoms with Crippen LogP contribution in [0.25, 0.3) is 0 Å². The predicted molar refractivity (Wildman–Crippen MR) is 36.9 cm³/mol. The van der Waals surface area contributed by atoms with Crippen LogP contribution in [0.2, 0.25) is 13.1 Å². The third-order valence-electron chi connectivity index (χ3n) is 1.03. The van der Waals surface area contributed by atoms with Gasteiger partial charge in [0, 0.05) is 9.04 Å². The fourth-order valence-electron chi connectivity index (χ4n) is 0.224. The van der Waals surface area contributed by atoms with Crippen molar-refractivity contribution in [1.82, 2.24) is 4.57 Å². The first-order valence-corrected chi connectivity index (χ1v) is 6.82. The number of hydrogen-bond donors (Lipinski definition) is 0. The topological polar surface area (TPSA) is 3.24 Å².